The molecule has 1 aliphatic rings. The summed E-state index contributed by atoms with van der Waals surface area (Å²) in [6.07, 6.45) is 2.67. The van der Waals surface area contributed by atoms with Gasteiger partial charge in [0.15, 0.2) is 0 Å². The number of amides is 1. The van der Waals surface area contributed by atoms with Crippen LogP contribution in [0.2, 0.25) is 0 Å². The number of halogens is 2. The lowest BCUT2D eigenvalue weighted by Crippen LogP contribution is -2.27. The maximum absolute atomic E-state index is 13.9. The van der Waals surface area contributed by atoms with Gasteiger partial charge in [0, 0.05) is 29.9 Å². The second-order valence-electron chi connectivity index (χ2n) is 6.00. The van der Waals surface area contributed by atoms with Gasteiger partial charge in [-0.05, 0) is 30.3 Å². The molecule has 0 aliphatic carbocycles. The van der Waals surface area contributed by atoms with Gasteiger partial charge in [-0.15, -0.1) is 0 Å². The highest BCUT2D eigenvalue weighted by Crippen LogP contribution is 2.40. The van der Waals surface area contributed by atoms with E-state index in [1.807, 2.05) is 0 Å². The highest BCUT2D eigenvalue weighted by atomic mass is 19.1. The fraction of sp³-hybridized carbons (Fsp3) is 0.105. The molecule has 0 unspecified atom stereocenters. The normalized spacial score (nSPS) is 13.0. The van der Waals surface area contributed by atoms with Crippen LogP contribution in [0, 0.1) is 23.0 Å². The Morgan fingerprint density at radius 1 is 1.15 bits per heavy atom. The van der Waals surface area contributed by atoms with Gasteiger partial charge in [-0.2, -0.15) is 5.26 Å². The number of anilines is 2. The molecule has 3 aromatic rings. The van der Waals surface area contributed by atoms with E-state index in [1.54, 1.807) is 17.8 Å². The predicted molar refractivity (Wildman–Crippen MR) is 90.6 cm³/mol. The zero-order valence-electron chi connectivity index (χ0n) is 13.7. The van der Waals surface area contributed by atoms with Crippen molar-refractivity contribution in [1.82, 2.24) is 9.55 Å². The molecule has 128 valence electrons. The maximum Gasteiger partial charge on any atom is 0.237 e. The van der Waals surface area contributed by atoms with Crippen molar-refractivity contribution < 1.29 is 13.6 Å². The minimum absolute atomic E-state index is 0.0472. The molecule has 0 fully saturated rings. The number of hydrogen-bond donors (Lipinski definition) is 0. The van der Waals surface area contributed by atoms with Crippen molar-refractivity contribution in [3.8, 4) is 17.2 Å². The summed E-state index contributed by atoms with van der Waals surface area (Å²) >= 11 is 0. The molecule has 0 saturated heterocycles. The molecule has 0 saturated carbocycles. The molecule has 0 bridgehead atoms. The van der Waals surface area contributed by atoms with Crippen molar-refractivity contribution in [1.29, 1.82) is 5.26 Å². The molecule has 1 aromatic carbocycles. The predicted octanol–water partition coefficient (Wildman–Crippen LogP) is 3.46. The van der Waals surface area contributed by atoms with Crippen LogP contribution in [-0.2, 0) is 18.3 Å². The van der Waals surface area contributed by atoms with Crippen molar-refractivity contribution in [2.75, 3.05) is 4.90 Å². The Labute approximate surface area is 147 Å². The fourth-order valence-electron chi connectivity index (χ4n) is 3.25. The molecule has 7 heteroatoms. The molecule has 0 atom stereocenters. The van der Waals surface area contributed by atoms with E-state index < -0.39 is 11.6 Å². The number of aromatic nitrogens is 2. The van der Waals surface area contributed by atoms with Gasteiger partial charge in [0.1, 0.15) is 29.2 Å². The molecule has 0 radical (unpaired) electrons. The molecule has 26 heavy (non-hydrogen) atoms. The molecule has 3 heterocycles. The number of hydrogen-bond acceptors (Lipinski definition) is 3. The van der Waals surface area contributed by atoms with E-state index in [-0.39, 0.29) is 18.1 Å². The number of pyridine rings is 1. The van der Waals surface area contributed by atoms with Gasteiger partial charge < -0.3 is 4.57 Å². The smallest absolute Gasteiger partial charge is 0.237 e. The zero-order valence-corrected chi connectivity index (χ0v) is 13.7. The largest absolute Gasteiger partial charge is 0.342 e. The third-order valence-electron chi connectivity index (χ3n) is 4.39. The van der Waals surface area contributed by atoms with E-state index >= 15 is 0 Å². The number of fused-ring (bicyclic) bond motifs is 3. The summed E-state index contributed by atoms with van der Waals surface area (Å²) in [5.41, 5.74) is 2.28. The zero-order chi connectivity index (χ0) is 18.4. The van der Waals surface area contributed by atoms with Gasteiger partial charge in [0.2, 0.25) is 5.91 Å². The van der Waals surface area contributed by atoms with E-state index in [0.29, 0.717) is 28.1 Å². The van der Waals surface area contributed by atoms with Gasteiger partial charge in [0.05, 0.1) is 18.3 Å². The Morgan fingerprint density at radius 3 is 2.58 bits per heavy atom. The Kier molecular flexibility index (Phi) is 3.55. The molecular formula is C19H12F2N4O. The molecule has 0 N–H and O–H groups in total. The van der Waals surface area contributed by atoms with Crippen LogP contribution < -0.4 is 4.90 Å². The monoisotopic (exact) mass is 350 g/mol. The number of rotatable bonds is 1. The van der Waals surface area contributed by atoms with Crippen molar-refractivity contribution in [3.05, 3.63) is 65.6 Å². The lowest BCUT2D eigenvalue weighted by atomic mass is 10.0. The van der Waals surface area contributed by atoms with Crippen LogP contribution in [-0.4, -0.2) is 15.5 Å². The van der Waals surface area contributed by atoms with E-state index in [0.717, 1.165) is 6.20 Å². The van der Waals surface area contributed by atoms with Gasteiger partial charge in [-0.3, -0.25) is 9.69 Å². The van der Waals surface area contributed by atoms with Crippen LogP contribution in [0.5, 0.6) is 0 Å². The molecule has 1 aliphatic heterocycles. The van der Waals surface area contributed by atoms with E-state index in [1.165, 1.54) is 35.2 Å². The molecule has 4 rings (SSSR count). The lowest BCUT2D eigenvalue weighted by molar-refractivity contribution is -0.117. The van der Waals surface area contributed by atoms with Crippen molar-refractivity contribution in [2.24, 2.45) is 7.05 Å². The number of carbonyl (C=O) groups is 1. The van der Waals surface area contributed by atoms with Crippen LogP contribution in [0.15, 0.2) is 42.7 Å². The average Bonchev–Trinajstić information content (AvgIpc) is 2.87. The SMILES string of the molecule is Cn1cc2c(c1C#N)CC(=O)N(c1ccc(F)cc1)c1ncc(F)cc1-2. The summed E-state index contributed by atoms with van der Waals surface area (Å²) in [5, 5.41) is 9.43. The van der Waals surface area contributed by atoms with E-state index in [9.17, 15) is 18.8 Å². The number of aryl methyl sites for hydroxylation is 1. The highest BCUT2D eigenvalue weighted by molar-refractivity contribution is 6.07. The first-order valence-corrected chi connectivity index (χ1v) is 7.82. The van der Waals surface area contributed by atoms with Crippen molar-refractivity contribution in [2.45, 2.75) is 6.42 Å². The summed E-state index contributed by atoms with van der Waals surface area (Å²) in [6.45, 7) is 0. The molecule has 1 amide bonds. The third kappa shape index (κ3) is 2.35. The van der Waals surface area contributed by atoms with Crippen LogP contribution in [0.1, 0.15) is 11.3 Å². The van der Waals surface area contributed by atoms with E-state index in [2.05, 4.69) is 11.1 Å². The Morgan fingerprint density at radius 2 is 1.88 bits per heavy atom. The number of carbonyl (C=O) groups excluding carboxylic acids is 1. The first-order valence-electron chi connectivity index (χ1n) is 7.82. The number of nitrogens with zero attached hydrogens (tertiary/aromatic N) is 4. The first-order chi connectivity index (χ1) is 12.5. The minimum atomic E-state index is -0.550. The summed E-state index contributed by atoms with van der Waals surface area (Å²) in [5.74, 6) is -1.07. The van der Waals surface area contributed by atoms with Gasteiger partial charge >= 0.3 is 0 Å². The standard InChI is InChI=1S/C19H12F2N4O/c1-24-10-16-14(17(24)8-22)7-18(26)25(13-4-2-11(20)3-5-13)19-15(16)6-12(21)9-23-19/h2-6,9-10H,7H2,1H3. The van der Waals surface area contributed by atoms with Crippen LogP contribution in [0.25, 0.3) is 11.1 Å². The highest BCUT2D eigenvalue weighted by Gasteiger charge is 2.31. The minimum Gasteiger partial charge on any atom is -0.342 e. The first kappa shape index (κ1) is 16.0. The van der Waals surface area contributed by atoms with Crippen molar-refractivity contribution in [3.63, 3.8) is 0 Å². The van der Waals surface area contributed by atoms with Crippen LogP contribution in [0.3, 0.4) is 0 Å². The van der Waals surface area contributed by atoms with E-state index in [4.69, 9.17) is 0 Å². The quantitative estimate of drug-likeness (QED) is 0.675. The Hall–Kier alpha value is -3.53. The Balaban J connectivity index is 2.00. The second-order valence-corrected chi connectivity index (χ2v) is 6.00. The number of nitriles is 1. The van der Waals surface area contributed by atoms with Crippen LogP contribution in [0.4, 0.5) is 20.3 Å². The maximum atomic E-state index is 13.9. The summed E-state index contributed by atoms with van der Waals surface area (Å²) in [4.78, 5) is 18.4. The number of benzene rings is 1. The summed E-state index contributed by atoms with van der Waals surface area (Å²) in [6, 6.07) is 8.78. The van der Waals surface area contributed by atoms with Crippen LogP contribution >= 0.6 is 0 Å². The molecular weight excluding hydrogens is 338 g/mol. The summed E-state index contributed by atoms with van der Waals surface area (Å²) < 4.78 is 28.8. The van der Waals surface area contributed by atoms with Crippen molar-refractivity contribution >= 4 is 17.4 Å². The second kappa shape index (κ2) is 5.77. The molecule has 5 nitrogen and oxygen atoms in total. The third-order valence-corrected chi connectivity index (χ3v) is 4.39. The Bertz CT molecular complexity index is 1080. The van der Waals surface area contributed by atoms with Gasteiger partial charge in [-0.1, -0.05) is 0 Å². The summed E-state index contributed by atoms with van der Waals surface area (Å²) in [7, 11) is 1.70. The topological polar surface area (TPSA) is 61.9 Å². The lowest BCUT2D eigenvalue weighted by Gasteiger charge is -2.22. The molecule has 2 aromatic heterocycles. The molecule has 0 spiro atoms. The van der Waals surface area contributed by atoms with Gasteiger partial charge in [0.25, 0.3) is 0 Å². The average molecular weight is 350 g/mol. The fourth-order valence-corrected chi connectivity index (χ4v) is 3.25. The van der Waals surface area contributed by atoms with Gasteiger partial charge in [-0.25, -0.2) is 13.8 Å².